The summed E-state index contributed by atoms with van der Waals surface area (Å²) in [5.41, 5.74) is 1.39. The number of benzene rings is 1. The molecular weight excluding hydrogens is 341 g/mol. The van der Waals surface area contributed by atoms with Gasteiger partial charge in [0.1, 0.15) is 11.5 Å². The maximum atomic E-state index is 13.9. The van der Waals surface area contributed by atoms with Crippen molar-refractivity contribution in [2.75, 3.05) is 5.73 Å². The number of nitrogen functional groups attached to an aromatic ring is 1. The van der Waals surface area contributed by atoms with E-state index in [0.29, 0.717) is 6.07 Å². The second-order valence-corrected chi connectivity index (χ2v) is 4.69. The lowest BCUT2D eigenvalue weighted by molar-refractivity contribution is 0.0880. The lowest BCUT2D eigenvalue weighted by Gasteiger charge is -2.14. The van der Waals surface area contributed by atoms with E-state index in [1.54, 1.807) is 5.32 Å². The number of hydrogen-bond acceptors (Lipinski definition) is 4. The van der Waals surface area contributed by atoms with Crippen LogP contribution in [0.3, 0.4) is 0 Å². The zero-order valence-electron chi connectivity index (χ0n) is 11.2. The molecule has 0 unspecified atom stereocenters. The molecule has 0 saturated heterocycles. The van der Waals surface area contributed by atoms with Gasteiger partial charge in [-0.25, -0.2) is 22.0 Å². The summed E-state index contributed by atoms with van der Waals surface area (Å²) < 4.78 is 67.4. The molecule has 2 amide bonds. The van der Waals surface area contributed by atoms with Gasteiger partial charge in [0.25, 0.3) is 17.4 Å². The van der Waals surface area contributed by atoms with Crippen LogP contribution in [0.5, 0.6) is 0 Å². The van der Waals surface area contributed by atoms with Crippen molar-refractivity contribution in [1.82, 2.24) is 9.88 Å². The normalized spacial score (nSPS) is 13.2. The lowest BCUT2D eigenvalue weighted by atomic mass is 10.1. The molecule has 0 radical (unpaired) electrons. The zero-order chi connectivity index (χ0) is 17.9. The number of aromatic nitrogens is 1. The summed E-state index contributed by atoms with van der Waals surface area (Å²) in [5.74, 6) is -14.6. The van der Waals surface area contributed by atoms with Crippen LogP contribution in [0.25, 0.3) is 5.69 Å². The Labute approximate surface area is 128 Å². The molecule has 0 fully saturated rings. The van der Waals surface area contributed by atoms with E-state index in [0.717, 1.165) is 0 Å². The van der Waals surface area contributed by atoms with E-state index in [1.807, 2.05) is 0 Å². The maximum absolute atomic E-state index is 13.9. The number of carbonyl (C=O) groups excluding carboxylic acids is 2. The number of pyridine rings is 1. The molecule has 1 aliphatic heterocycles. The van der Waals surface area contributed by atoms with Crippen LogP contribution in [0.1, 0.15) is 20.7 Å². The Bertz CT molecular complexity index is 986. The van der Waals surface area contributed by atoms with Crippen molar-refractivity contribution in [2.45, 2.75) is 0 Å². The minimum Gasteiger partial charge on any atom is -0.384 e. The average Bonchev–Trinajstić information content (AvgIpc) is 2.80. The third kappa shape index (κ3) is 1.84. The molecule has 11 heteroatoms. The van der Waals surface area contributed by atoms with Crippen LogP contribution in [0.4, 0.5) is 27.8 Å². The molecule has 0 aliphatic carbocycles. The molecule has 24 heavy (non-hydrogen) atoms. The molecule has 1 aliphatic rings. The molecule has 124 valence electrons. The molecule has 0 atom stereocenters. The van der Waals surface area contributed by atoms with Gasteiger partial charge in [-0.15, -0.1) is 0 Å². The summed E-state index contributed by atoms with van der Waals surface area (Å²) in [4.78, 5) is 35.1. The smallest absolute Gasteiger partial charge is 0.262 e. The molecule has 1 aromatic heterocycles. The molecule has 2 heterocycles. The second kappa shape index (κ2) is 4.88. The van der Waals surface area contributed by atoms with Crippen molar-refractivity contribution in [3.05, 3.63) is 56.6 Å². The standard InChI is InChI=1S/C13H4F5N3O3/c14-5-6(15)8(17)10(9(18)7(5)16)21-3(22)1-2-4(11(21)19)13(24)20-12(2)23/h1H,19H2,(H,20,23,24). The number of rotatable bonds is 1. The largest absolute Gasteiger partial charge is 0.384 e. The van der Waals surface area contributed by atoms with Crippen molar-refractivity contribution in [3.63, 3.8) is 0 Å². The zero-order valence-corrected chi connectivity index (χ0v) is 11.2. The maximum Gasteiger partial charge on any atom is 0.262 e. The molecule has 0 saturated carbocycles. The van der Waals surface area contributed by atoms with Gasteiger partial charge in [0, 0.05) is 6.07 Å². The molecule has 2 aromatic rings. The molecular formula is C13H4F5N3O3. The van der Waals surface area contributed by atoms with Crippen LogP contribution in [0, 0.1) is 29.1 Å². The van der Waals surface area contributed by atoms with Gasteiger partial charge < -0.3 is 5.73 Å². The fraction of sp³-hybridized carbons (Fsp3) is 0. The third-order valence-corrected chi connectivity index (χ3v) is 3.36. The molecule has 1 aromatic carbocycles. The van der Waals surface area contributed by atoms with E-state index in [4.69, 9.17) is 5.73 Å². The summed E-state index contributed by atoms with van der Waals surface area (Å²) in [7, 11) is 0. The number of nitrogens with zero attached hydrogens (tertiary/aromatic N) is 1. The minimum absolute atomic E-state index is 0.0622. The number of fused-ring (bicyclic) bond motifs is 1. The predicted molar refractivity (Wildman–Crippen MR) is 68.0 cm³/mol. The predicted octanol–water partition coefficient (Wildman–Crippen LogP) is 0.999. The highest BCUT2D eigenvalue weighted by Gasteiger charge is 2.34. The summed E-state index contributed by atoms with van der Waals surface area (Å²) >= 11 is 0. The third-order valence-electron chi connectivity index (χ3n) is 3.36. The first-order chi connectivity index (χ1) is 11.2. The van der Waals surface area contributed by atoms with E-state index in [9.17, 15) is 36.3 Å². The number of imide groups is 1. The Morgan fingerprint density at radius 3 is 1.88 bits per heavy atom. The van der Waals surface area contributed by atoms with Crippen LogP contribution in [0.15, 0.2) is 10.9 Å². The van der Waals surface area contributed by atoms with Gasteiger partial charge >= 0.3 is 0 Å². The Balaban J connectivity index is 2.47. The Morgan fingerprint density at radius 1 is 0.833 bits per heavy atom. The van der Waals surface area contributed by atoms with Gasteiger partial charge in [-0.2, -0.15) is 0 Å². The average molecular weight is 345 g/mol. The van der Waals surface area contributed by atoms with Gasteiger partial charge in [0.05, 0.1) is 11.1 Å². The van der Waals surface area contributed by atoms with Crippen LogP contribution in [0.2, 0.25) is 0 Å². The SMILES string of the molecule is Nc1c2c(cc(=O)n1-c1c(F)c(F)c(F)c(F)c1F)C(=O)NC2=O. The fourth-order valence-electron chi connectivity index (χ4n) is 2.30. The van der Waals surface area contributed by atoms with Crippen molar-refractivity contribution < 1.29 is 31.5 Å². The van der Waals surface area contributed by atoms with Gasteiger partial charge in [0.15, 0.2) is 23.3 Å². The second-order valence-electron chi connectivity index (χ2n) is 4.69. The Morgan fingerprint density at radius 2 is 1.33 bits per heavy atom. The summed E-state index contributed by atoms with van der Waals surface area (Å²) in [6, 6.07) is 0.504. The van der Waals surface area contributed by atoms with Crippen molar-refractivity contribution >= 4 is 17.6 Å². The van der Waals surface area contributed by atoms with Crippen molar-refractivity contribution in [1.29, 1.82) is 0 Å². The number of carbonyl (C=O) groups is 2. The highest BCUT2D eigenvalue weighted by molar-refractivity contribution is 6.23. The summed E-state index contributed by atoms with van der Waals surface area (Å²) in [6.45, 7) is 0. The van der Waals surface area contributed by atoms with E-state index in [1.165, 1.54) is 0 Å². The molecule has 3 rings (SSSR count). The molecule has 6 nitrogen and oxygen atoms in total. The number of amides is 2. The molecule has 0 bridgehead atoms. The number of anilines is 1. The van der Waals surface area contributed by atoms with Crippen molar-refractivity contribution in [2.24, 2.45) is 0 Å². The quantitative estimate of drug-likeness (QED) is 0.349. The highest BCUT2D eigenvalue weighted by Crippen LogP contribution is 2.29. The van der Waals surface area contributed by atoms with Crippen LogP contribution >= 0.6 is 0 Å². The Hall–Kier alpha value is -3.24. The number of nitrogens with one attached hydrogen (secondary N) is 1. The van der Waals surface area contributed by atoms with E-state index in [2.05, 4.69) is 0 Å². The van der Waals surface area contributed by atoms with E-state index in [-0.39, 0.29) is 4.57 Å². The van der Waals surface area contributed by atoms with Crippen LogP contribution < -0.4 is 16.6 Å². The van der Waals surface area contributed by atoms with Gasteiger partial charge in [0.2, 0.25) is 5.82 Å². The number of hydrogen-bond donors (Lipinski definition) is 2. The highest BCUT2D eigenvalue weighted by atomic mass is 19.2. The summed E-state index contributed by atoms with van der Waals surface area (Å²) in [5, 5.41) is 1.78. The molecule has 3 N–H and O–H groups in total. The van der Waals surface area contributed by atoms with Crippen LogP contribution in [-0.4, -0.2) is 16.4 Å². The topological polar surface area (TPSA) is 94.2 Å². The van der Waals surface area contributed by atoms with Gasteiger partial charge in [-0.05, 0) is 0 Å². The van der Waals surface area contributed by atoms with E-state index < -0.39 is 69.1 Å². The fourth-order valence-corrected chi connectivity index (χ4v) is 2.30. The number of halogens is 5. The molecule has 0 spiro atoms. The lowest BCUT2D eigenvalue weighted by Crippen LogP contribution is -2.26. The first-order valence-corrected chi connectivity index (χ1v) is 6.09. The first kappa shape index (κ1) is 15.6. The monoisotopic (exact) mass is 345 g/mol. The Kier molecular flexibility index (Phi) is 3.18. The minimum atomic E-state index is -2.42. The van der Waals surface area contributed by atoms with Gasteiger partial charge in [-0.1, -0.05) is 0 Å². The van der Waals surface area contributed by atoms with Crippen molar-refractivity contribution in [3.8, 4) is 5.69 Å². The summed E-state index contributed by atoms with van der Waals surface area (Å²) in [6.07, 6.45) is 0. The van der Waals surface area contributed by atoms with Crippen LogP contribution in [-0.2, 0) is 0 Å². The first-order valence-electron chi connectivity index (χ1n) is 6.09. The van der Waals surface area contributed by atoms with E-state index >= 15 is 0 Å². The number of nitrogens with two attached hydrogens (primary N) is 1. The van der Waals surface area contributed by atoms with Gasteiger partial charge in [-0.3, -0.25) is 24.3 Å².